The van der Waals surface area contributed by atoms with Gasteiger partial charge in [-0.1, -0.05) is 52.5 Å². The average molecular weight is 1400 g/mol. The van der Waals surface area contributed by atoms with Crippen molar-refractivity contribution in [2.24, 2.45) is 0 Å². The van der Waals surface area contributed by atoms with Crippen LogP contribution in [0, 0.1) is 31.0 Å². The highest BCUT2D eigenvalue weighted by atomic mass is 36.0. The minimum absolute atomic E-state index is 0. The van der Waals surface area contributed by atoms with Gasteiger partial charge in [-0.2, -0.15) is 27.2 Å². The summed E-state index contributed by atoms with van der Waals surface area (Å²) in [6.45, 7) is -2.52. The molecular formula is C47H38Cl8F6N8O10PS3-. The molecule has 0 aliphatic heterocycles. The number of benzene rings is 4. The van der Waals surface area contributed by atoms with Crippen molar-refractivity contribution >= 4 is 180 Å². The molecule has 83 heavy (non-hydrogen) atoms. The van der Waals surface area contributed by atoms with Crippen LogP contribution in [-0.2, 0) is 33.8 Å². The first-order valence-corrected chi connectivity index (χ1v) is 33.0. The van der Waals surface area contributed by atoms with Gasteiger partial charge in [-0.25, -0.2) is 34.4 Å². The van der Waals surface area contributed by atoms with E-state index >= 15 is 0 Å². The van der Waals surface area contributed by atoms with Crippen molar-refractivity contribution in [2.75, 3.05) is 37.0 Å². The largest absolute Gasteiger partial charge is 0.486 e. The first-order valence-electron chi connectivity index (χ1n) is 21.8. The standard InChI is InChI=1S/C15H11ClF3N3O3S.C8H5Cl2NO2S.C8H6ClNO3S.C8H6ClN.C7H7F3N2O.CH3.Cl3OP/c16-8-1-2-9-11(5-8)20-7-13(9)26(23,24)22-15-10(18)6-12(14(19)21-15)25-4-3-17;9-5-1-2-6-7(3-5)11-4-8(6)14(10,12)13;9-5-1-2-6-7(3-5)10-4-8(6)14(11,12)13;9-7-2-1-6-3-4-10-8(6)5-7;8-1-2-13-5-3-4(9)7(11)12-6(5)10;;1-5(2,3)4/h1-2,5-7,20H,3-4H2,(H,21,22);1-4,11H;1-4,10H,(H,11,12,13);1-5,10H;3H,1-2H2,(H2,11,12);1H3;/q;;;;;-1;. The van der Waals surface area contributed by atoms with E-state index in [9.17, 15) is 56.2 Å². The molecule has 448 valence electrons. The number of sulfonamides is 1. The molecule has 4 aromatic carbocycles. The Kier molecular flexibility index (Phi) is 25.7. The number of pyridine rings is 2. The van der Waals surface area contributed by atoms with Gasteiger partial charge in [0.2, 0.25) is 0 Å². The molecule has 0 atom stereocenters. The van der Waals surface area contributed by atoms with Crippen LogP contribution in [0.4, 0.5) is 38.0 Å². The minimum atomic E-state index is -4.27. The second kappa shape index (κ2) is 30.5. The highest BCUT2D eigenvalue weighted by molar-refractivity contribution is 8.24. The number of nitrogens with two attached hydrogens (primary N) is 1. The summed E-state index contributed by atoms with van der Waals surface area (Å²) in [5, 5.41) is 1.47. The van der Waals surface area contributed by atoms with Gasteiger partial charge < -0.3 is 42.6 Å². The summed E-state index contributed by atoms with van der Waals surface area (Å²) in [4.78, 5) is 17.3. The van der Waals surface area contributed by atoms with Gasteiger partial charge in [0.25, 0.3) is 41.1 Å². The summed E-state index contributed by atoms with van der Waals surface area (Å²) >= 11 is 36.9. The van der Waals surface area contributed by atoms with Gasteiger partial charge in [-0.3, -0.25) is 13.8 Å². The normalized spacial score (nSPS) is 11.3. The highest BCUT2D eigenvalue weighted by Gasteiger charge is 2.24. The SMILES string of the molecule is Clc1ccc2cc[nH]c2c1.Nc1nc(F)c(OCCF)cc1F.O=P(Cl)(Cl)Cl.O=S(=O)(Cl)c1c[nH]c2cc(Cl)ccc12.O=S(=O)(Nc1nc(F)c(OCCF)cc1F)c1c[nH]c2cc(Cl)ccc12.O=S(=O)(O)c1c[nH]c2cc(Cl)ccc12.[CH3-]. The maximum Gasteiger partial charge on any atom is 0.339 e. The summed E-state index contributed by atoms with van der Waals surface area (Å²) < 4.78 is 175. The number of aromatic amines is 4. The molecule has 0 saturated carbocycles. The highest BCUT2D eigenvalue weighted by Crippen LogP contribution is 2.61. The maximum atomic E-state index is 14.0. The molecular weight excluding hydrogens is 1360 g/mol. The van der Waals surface area contributed by atoms with Gasteiger partial charge in [0.1, 0.15) is 41.2 Å². The first kappa shape index (κ1) is 70.0. The molecule has 0 amide bonds. The fourth-order valence-electron chi connectivity index (χ4n) is 6.54. The van der Waals surface area contributed by atoms with Crippen LogP contribution in [0.3, 0.4) is 0 Å². The van der Waals surface area contributed by atoms with E-state index in [0.717, 1.165) is 16.6 Å². The van der Waals surface area contributed by atoms with Gasteiger partial charge in [-0.15, -0.1) is 0 Å². The number of ether oxygens (including phenoxy) is 2. The first-order chi connectivity index (χ1) is 38.3. The van der Waals surface area contributed by atoms with Crippen LogP contribution in [0.15, 0.2) is 130 Å². The van der Waals surface area contributed by atoms with Gasteiger partial charge >= 0.3 is 5.20 Å². The second-order valence-corrected chi connectivity index (χ2v) is 29.4. The molecule has 0 spiro atoms. The van der Waals surface area contributed by atoms with E-state index in [2.05, 4.69) is 73.1 Å². The number of aromatic nitrogens is 6. The molecule has 6 heterocycles. The number of nitrogens with zero attached hydrogens (tertiary/aromatic N) is 2. The lowest BCUT2D eigenvalue weighted by Crippen LogP contribution is -2.16. The molecule has 0 aliphatic carbocycles. The van der Waals surface area contributed by atoms with Gasteiger partial charge in [-0.05, 0) is 112 Å². The van der Waals surface area contributed by atoms with Crippen LogP contribution >= 0.6 is 96.0 Å². The molecule has 0 unspecified atom stereocenters. The molecule has 0 bridgehead atoms. The Hall–Kier alpha value is -5.52. The molecule has 0 saturated heterocycles. The number of halogens is 14. The summed E-state index contributed by atoms with van der Waals surface area (Å²) in [5.74, 6) is -6.85. The molecule has 0 radical (unpaired) electrons. The number of hydrogen-bond acceptors (Lipinski definition) is 12. The third kappa shape index (κ3) is 20.9. The average Bonchev–Trinajstić information content (AvgIpc) is 4.44. The van der Waals surface area contributed by atoms with E-state index in [0.29, 0.717) is 53.8 Å². The lowest BCUT2D eigenvalue weighted by atomic mass is 10.2. The Morgan fingerprint density at radius 2 is 0.976 bits per heavy atom. The molecule has 18 nitrogen and oxygen atoms in total. The number of rotatable bonds is 11. The molecule has 10 aromatic rings. The summed E-state index contributed by atoms with van der Waals surface area (Å²) in [5.41, 5.74) is 7.73. The number of hydrogen-bond donors (Lipinski definition) is 7. The van der Waals surface area contributed by atoms with Crippen molar-refractivity contribution in [1.82, 2.24) is 29.9 Å². The molecule has 36 heteroatoms. The monoisotopic (exact) mass is 1390 g/mol. The third-order valence-corrected chi connectivity index (χ3v) is 14.5. The van der Waals surface area contributed by atoms with E-state index < -0.39 is 101 Å². The zero-order valence-corrected chi connectivity index (χ0v) is 50.7. The maximum absolute atomic E-state index is 14.0. The van der Waals surface area contributed by atoms with Crippen LogP contribution in [0.5, 0.6) is 11.5 Å². The third-order valence-electron chi connectivity index (χ3n) is 9.89. The molecule has 10 rings (SSSR count). The second-order valence-electron chi connectivity index (χ2n) is 15.5. The number of anilines is 2. The Balaban J connectivity index is 0.000000226. The lowest BCUT2D eigenvalue weighted by Gasteiger charge is -2.10. The van der Waals surface area contributed by atoms with Crippen LogP contribution in [0.1, 0.15) is 0 Å². The lowest BCUT2D eigenvalue weighted by molar-refractivity contribution is 0.258. The predicted molar refractivity (Wildman–Crippen MR) is 314 cm³/mol. The fourth-order valence-corrected chi connectivity index (χ4v) is 10.1. The zero-order valence-electron chi connectivity index (χ0n) is 41.4. The molecule has 0 aliphatic rings. The van der Waals surface area contributed by atoms with E-state index in [1.54, 1.807) is 30.3 Å². The summed E-state index contributed by atoms with van der Waals surface area (Å²) in [7, 11) is -6.91. The minimum Gasteiger partial charge on any atom is -0.486 e. The van der Waals surface area contributed by atoms with Crippen molar-refractivity contribution < 1.29 is 70.2 Å². The topological polar surface area (TPSA) is 285 Å². The van der Waals surface area contributed by atoms with Crippen molar-refractivity contribution in [3.63, 3.8) is 0 Å². The number of H-pyrrole nitrogens is 4. The van der Waals surface area contributed by atoms with Crippen LogP contribution in [0.25, 0.3) is 43.6 Å². The van der Waals surface area contributed by atoms with Crippen molar-refractivity contribution in [3.05, 3.63) is 167 Å². The Morgan fingerprint density at radius 3 is 1.43 bits per heavy atom. The van der Waals surface area contributed by atoms with Crippen molar-refractivity contribution in [1.29, 1.82) is 0 Å². The van der Waals surface area contributed by atoms with Crippen LogP contribution in [0.2, 0.25) is 20.1 Å². The summed E-state index contributed by atoms with van der Waals surface area (Å²) in [6.07, 6.45) is 5.68. The van der Waals surface area contributed by atoms with Crippen molar-refractivity contribution in [3.8, 4) is 11.5 Å². The number of nitrogens with one attached hydrogen (secondary N) is 5. The fraction of sp³-hybridized carbons (Fsp3) is 0.0851. The predicted octanol–water partition coefficient (Wildman–Crippen LogP) is 15.8. The van der Waals surface area contributed by atoms with Gasteiger partial charge in [0, 0.05) is 106 Å². The van der Waals surface area contributed by atoms with E-state index in [1.807, 2.05) is 35.2 Å². The number of alkyl halides is 2. The zero-order chi connectivity index (χ0) is 60.9. The van der Waals surface area contributed by atoms with E-state index in [4.69, 9.17) is 67.4 Å². The van der Waals surface area contributed by atoms with Crippen molar-refractivity contribution in [2.45, 2.75) is 14.7 Å². The molecule has 6 aromatic heterocycles. The molecule has 0 fully saturated rings. The van der Waals surface area contributed by atoms with Crippen LogP contribution < -0.4 is 19.9 Å². The van der Waals surface area contributed by atoms with E-state index in [-0.39, 0.29) is 28.7 Å². The van der Waals surface area contributed by atoms with Gasteiger partial charge in [0.15, 0.2) is 34.8 Å². The van der Waals surface area contributed by atoms with E-state index in [1.165, 1.54) is 48.2 Å². The Labute approximate surface area is 506 Å². The smallest absolute Gasteiger partial charge is 0.339 e. The van der Waals surface area contributed by atoms with Gasteiger partial charge in [0.05, 0.1) is 0 Å². The Morgan fingerprint density at radius 1 is 0.578 bits per heavy atom. The number of nitrogen functional groups attached to an aromatic ring is 1. The number of fused-ring (bicyclic) bond motifs is 4. The Bertz CT molecular complexity index is 4160. The summed E-state index contributed by atoms with van der Waals surface area (Å²) in [6, 6.07) is 23.2. The molecule has 8 N–H and O–H groups in total. The van der Waals surface area contributed by atoms with Crippen LogP contribution in [-0.4, -0.2) is 86.3 Å². The quantitative estimate of drug-likeness (QED) is 0.0159.